The first-order chi connectivity index (χ1) is 9.15. The van der Waals surface area contributed by atoms with Crippen molar-refractivity contribution in [3.63, 3.8) is 0 Å². The molecule has 0 aliphatic rings. The predicted molar refractivity (Wildman–Crippen MR) is 66.1 cm³/mol. The molecule has 100 valence electrons. The van der Waals surface area contributed by atoms with Crippen molar-refractivity contribution in [1.29, 1.82) is 0 Å². The molecule has 0 atom stereocenters. The summed E-state index contributed by atoms with van der Waals surface area (Å²) in [6.45, 7) is 0.284. The summed E-state index contributed by atoms with van der Waals surface area (Å²) in [5.74, 6) is 0.161. The number of amides is 1. The van der Waals surface area contributed by atoms with Gasteiger partial charge in [0.15, 0.2) is 6.33 Å². The monoisotopic (exact) mass is 263 g/mol. The van der Waals surface area contributed by atoms with Crippen LogP contribution >= 0.6 is 0 Å². The number of nitrogens with zero attached hydrogens (tertiary/aromatic N) is 3. The topological polar surface area (TPSA) is 116 Å². The van der Waals surface area contributed by atoms with Crippen LogP contribution in [0.3, 0.4) is 0 Å². The fraction of sp³-hybridized carbons (Fsp3) is 0.273. The Morgan fingerprint density at radius 3 is 3.05 bits per heavy atom. The molecule has 0 aliphatic carbocycles. The number of anilines is 1. The molecule has 2 rings (SSSR count). The Morgan fingerprint density at radius 2 is 2.32 bits per heavy atom. The molecule has 2 aromatic heterocycles. The van der Waals surface area contributed by atoms with Gasteiger partial charge in [0.2, 0.25) is 11.8 Å². The lowest BCUT2D eigenvalue weighted by molar-refractivity contribution is -0.121. The fourth-order valence-electron chi connectivity index (χ4n) is 1.50. The third-order valence-electron chi connectivity index (χ3n) is 2.39. The van der Waals surface area contributed by atoms with Crippen LogP contribution < -0.4 is 16.6 Å². The first-order valence-corrected chi connectivity index (χ1v) is 5.63. The molecule has 1 amide bonds. The van der Waals surface area contributed by atoms with Gasteiger partial charge in [0.05, 0.1) is 0 Å². The zero-order valence-electron chi connectivity index (χ0n) is 10.1. The summed E-state index contributed by atoms with van der Waals surface area (Å²) < 4.78 is 6.03. The molecular formula is C11H13N5O3. The quantitative estimate of drug-likeness (QED) is 0.727. The lowest BCUT2D eigenvalue weighted by Crippen LogP contribution is -2.33. The van der Waals surface area contributed by atoms with Crippen LogP contribution in [0.25, 0.3) is 0 Å². The smallest absolute Gasteiger partial charge is 0.251 e. The summed E-state index contributed by atoms with van der Waals surface area (Å²) in [5.41, 5.74) is 5.70. The number of nitrogen functional groups attached to an aromatic ring is 1. The molecule has 0 aromatic carbocycles. The van der Waals surface area contributed by atoms with E-state index in [1.807, 2.05) is 0 Å². The Morgan fingerprint density at radius 1 is 1.47 bits per heavy atom. The zero-order chi connectivity index (χ0) is 13.7. The summed E-state index contributed by atoms with van der Waals surface area (Å²) in [4.78, 5) is 26.9. The second kappa shape index (κ2) is 5.80. The van der Waals surface area contributed by atoms with Gasteiger partial charge in [-0.1, -0.05) is 5.16 Å². The van der Waals surface area contributed by atoms with Gasteiger partial charge in [-0.2, -0.15) is 4.98 Å². The summed E-state index contributed by atoms with van der Waals surface area (Å²) in [5, 5.41) is 6.10. The lowest BCUT2D eigenvalue weighted by Gasteiger charge is -2.06. The average Bonchev–Trinajstić information content (AvgIpc) is 2.87. The normalized spacial score (nSPS) is 10.3. The Bertz CT molecular complexity index is 605. The molecule has 0 saturated heterocycles. The van der Waals surface area contributed by atoms with E-state index in [-0.39, 0.29) is 18.0 Å². The van der Waals surface area contributed by atoms with E-state index in [1.54, 1.807) is 0 Å². The largest absolute Gasteiger partial charge is 0.398 e. The van der Waals surface area contributed by atoms with Crippen molar-refractivity contribution < 1.29 is 9.32 Å². The van der Waals surface area contributed by atoms with Crippen LogP contribution in [0.5, 0.6) is 0 Å². The van der Waals surface area contributed by atoms with E-state index in [0.717, 1.165) is 0 Å². The van der Waals surface area contributed by atoms with E-state index >= 15 is 0 Å². The minimum Gasteiger partial charge on any atom is -0.398 e. The van der Waals surface area contributed by atoms with Gasteiger partial charge >= 0.3 is 0 Å². The van der Waals surface area contributed by atoms with Gasteiger partial charge in [-0.05, 0) is 6.07 Å². The third kappa shape index (κ3) is 3.66. The number of nitrogens with one attached hydrogen (secondary N) is 1. The summed E-state index contributed by atoms with van der Waals surface area (Å²) in [7, 11) is 0. The van der Waals surface area contributed by atoms with Gasteiger partial charge in [-0.15, -0.1) is 0 Å². The molecule has 19 heavy (non-hydrogen) atoms. The van der Waals surface area contributed by atoms with Crippen molar-refractivity contribution in [3.8, 4) is 0 Å². The van der Waals surface area contributed by atoms with Crippen molar-refractivity contribution in [1.82, 2.24) is 20.0 Å². The second-order valence-electron chi connectivity index (χ2n) is 3.86. The predicted octanol–water partition coefficient (Wildman–Crippen LogP) is -0.828. The molecular weight excluding hydrogens is 250 g/mol. The van der Waals surface area contributed by atoms with Crippen LogP contribution in [-0.4, -0.2) is 27.2 Å². The SMILES string of the molecule is Nc1ccc(=O)n(CC(=O)NCCc2ncno2)c1. The third-order valence-corrected chi connectivity index (χ3v) is 2.39. The van der Waals surface area contributed by atoms with Crippen molar-refractivity contribution in [2.75, 3.05) is 12.3 Å². The number of aromatic nitrogens is 3. The Kier molecular flexibility index (Phi) is 3.91. The maximum absolute atomic E-state index is 11.6. The van der Waals surface area contributed by atoms with Gasteiger partial charge in [0, 0.05) is 30.9 Å². The van der Waals surface area contributed by atoms with Crippen LogP contribution in [0.2, 0.25) is 0 Å². The van der Waals surface area contributed by atoms with Crippen LogP contribution in [0.15, 0.2) is 34.0 Å². The van der Waals surface area contributed by atoms with Gasteiger partial charge in [0.25, 0.3) is 5.56 Å². The Hall–Kier alpha value is -2.64. The second-order valence-corrected chi connectivity index (χ2v) is 3.86. The molecule has 0 bridgehead atoms. The summed E-state index contributed by atoms with van der Waals surface area (Å²) >= 11 is 0. The molecule has 2 heterocycles. The Balaban J connectivity index is 1.84. The maximum Gasteiger partial charge on any atom is 0.251 e. The first kappa shape index (κ1) is 12.8. The Labute approximate surface area is 108 Å². The number of hydrogen-bond donors (Lipinski definition) is 2. The van der Waals surface area contributed by atoms with Gasteiger partial charge in [0.1, 0.15) is 6.54 Å². The molecule has 8 nitrogen and oxygen atoms in total. The highest BCUT2D eigenvalue weighted by Crippen LogP contribution is 1.95. The minimum atomic E-state index is -0.285. The molecule has 0 aliphatic heterocycles. The average molecular weight is 263 g/mol. The highest BCUT2D eigenvalue weighted by Gasteiger charge is 2.05. The zero-order valence-corrected chi connectivity index (χ0v) is 10.1. The van der Waals surface area contributed by atoms with Crippen LogP contribution in [0.1, 0.15) is 5.89 Å². The number of carbonyl (C=O) groups excluding carboxylic acids is 1. The fourth-order valence-corrected chi connectivity index (χ4v) is 1.50. The molecule has 0 fully saturated rings. The number of rotatable bonds is 5. The molecule has 0 radical (unpaired) electrons. The molecule has 3 N–H and O–H groups in total. The lowest BCUT2D eigenvalue weighted by atomic mass is 10.4. The molecule has 0 spiro atoms. The van der Waals surface area contributed by atoms with Crippen molar-refractivity contribution >= 4 is 11.6 Å². The number of hydrogen-bond acceptors (Lipinski definition) is 6. The van der Waals surface area contributed by atoms with Crippen molar-refractivity contribution in [3.05, 3.63) is 40.9 Å². The first-order valence-electron chi connectivity index (χ1n) is 5.63. The van der Waals surface area contributed by atoms with Crippen LogP contribution in [-0.2, 0) is 17.8 Å². The highest BCUT2D eigenvalue weighted by atomic mass is 16.5. The van der Waals surface area contributed by atoms with E-state index in [1.165, 1.54) is 29.2 Å². The van der Waals surface area contributed by atoms with Crippen molar-refractivity contribution in [2.45, 2.75) is 13.0 Å². The molecule has 2 aromatic rings. The molecule has 8 heteroatoms. The summed E-state index contributed by atoms with van der Waals surface area (Å²) in [6.07, 6.45) is 3.17. The maximum atomic E-state index is 11.6. The number of carbonyl (C=O) groups is 1. The standard InChI is InChI=1S/C11H13N5O3/c12-8-1-2-11(18)16(5-8)6-9(17)13-4-3-10-14-7-15-19-10/h1-2,5,7H,3-4,6,12H2,(H,13,17). The van der Waals surface area contributed by atoms with E-state index in [4.69, 9.17) is 10.3 Å². The van der Waals surface area contributed by atoms with E-state index in [2.05, 4.69) is 15.5 Å². The summed E-state index contributed by atoms with van der Waals surface area (Å²) in [6, 6.07) is 2.81. The van der Waals surface area contributed by atoms with E-state index in [9.17, 15) is 9.59 Å². The van der Waals surface area contributed by atoms with Gasteiger partial charge in [-0.3, -0.25) is 9.59 Å². The highest BCUT2D eigenvalue weighted by molar-refractivity contribution is 5.75. The van der Waals surface area contributed by atoms with Gasteiger partial charge < -0.3 is 20.1 Å². The van der Waals surface area contributed by atoms with Crippen molar-refractivity contribution in [2.24, 2.45) is 0 Å². The molecule has 0 unspecified atom stereocenters. The number of nitrogens with two attached hydrogens (primary N) is 1. The van der Waals surface area contributed by atoms with Crippen LogP contribution in [0, 0.1) is 0 Å². The molecule has 0 saturated carbocycles. The van der Waals surface area contributed by atoms with E-state index < -0.39 is 0 Å². The minimum absolute atomic E-state index is 0.0757. The number of pyridine rings is 1. The van der Waals surface area contributed by atoms with E-state index in [0.29, 0.717) is 24.5 Å². The van der Waals surface area contributed by atoms with Crippen LogP contribution in [0.4, 0.5) is 5.69 Å². The van der Waals surface area contributed by atoms with Gasteiger partial charge in [-0.25, -0.2) is 0 Å².